The highest BCUT2D eigenvalue weighted by Crippen LogP contribution is 2.42. The summed E-state index contributed by atoms with van der Waals surface area (Å²) >= 11 is 0. The molecule has 2 aliphatic heterocycles. The summed E-state index contributed by atoms with van der Waals surface area (Å²) in [6.07, 6.45) is 0.0781. The number of hydrogen-bond acceptors (Lipinski definition) is 5. The number of fused-ring (bicyclic) bond motifs is 3. The molecule has 2 aliphatic rings. The second kappa shape index (κ2) is 7.55. The number of hydrogen-bond donors (Lipinski definition) is 2. The number of benzene rings is 3. The minimum absolute atomic E-state index is 0.00990. The van der Waals surface area contributed by atoms with Crippen LogP contribution in [0.25, 0.3) is 16.7 Å². The van der Waals surface area contributed by atoms with Crippen LogP contribution in [-0.4, -0.2) is 33.8 Å². The van der Waals surface area contributed by atoms with Gasteiger partial charge in [-0.1, -0.05) is 30.3 Å². The zero-order valence-corrected chi connectivity index (χ0v) is 18.1. The summed E-state index contributed by atoms with van der Waals surface area (Å²) < 4.78 is 14.1. The number of nitrogens with zero attached hydrogens (tertiary/aromatic N) is 2. The second-order valence-electron chi connectivity index (χ2n) is 8.54. The number of imidazole rings is 1. The molecule has 0 fully saturated rings. The Morgan fingerprint density at radius 2 is 1.97 bits per heavy atom. The fraction of sp³-hybridized carbons (Fsp3) is 0.231. The van der Waals surface area contributed by atoms with E-state index in [1.165, 1.54) is 0 Å². The number of para-hydroxylation sites is 3. The van der Waals surface area contributed by atoms with Gasteiger partial charge in [0.15, 0.2) is 0 Å². The molecular formula is C26H23N3O4. The number of ether oxygens (including phenoxy) is 2. The lowest BCUT2D eigenvalue weighted by Gasteiger charge is -2.15. The Labute approximate surface area is 190 Å². The van der Waals surface area contributed by atoms with Crippen LogP contribution in [0.15, 0.2) is 60.7 Å². The maximum atomic E-state index is 11.1. The highest BCUT2D eigenvalue weighted by atomic mass is 16.5. The van der Waals surface area contributed by atoms with E-state index in [0.717, 1.165) is 50.9 Å². The smallest absolute Gasteiger partial charge is 0.304 e. The fourth-order valence-corrected chi connectivity index (χ4v) is 4.92. The number of rotatable bonds is 5. The molecule has 0 saturated carbocycles. The number of carboxylic acid groups (broad SMARTS) is 1. The van der Waals surface area contributed by atoms with Crippen LogP contribution in [0.1, 0.15) is 35.3 Å². The van der Waals surface area contributed by atoms with Crippen molar-refractivity contribution in [2.24, 2.45) is 0 Å². The molecule has 3 aromatic carbocycles. The first-order valence-corrected chi connectivity index (χ1v) is 11.0. The van der Waals surface area contributed by atoms with E-state index in [2.05, 4.69) is 28.1 Å². The Morgan fingerprint density at radius 3 is 2.85 bits per heavy atom. The molecule has 0 saturated heterocycles. The van der Waals surface area contributed by atoms with Gasteiger partial charge in [0, 0.05) is 28.8 Å². The summed E-state index contributed by atoms with van der Waals surface area (Å²) in [6.45, 7) is 2.92. The Kier molecular flexibility index (Phi) is 4.50. The third-order valence-corrected chi connectivity index (χ3v) is 6.42. The lowest BCUT2D eigenvalue weighted by molar-refractivity contribution is -0.137. The summed E-state index contributed by atoms with van der Waals surface area (Å²) in [5, 5.41) is 12.7. The van der Waals surface area contributed by atoms with E-state index in [-0.39, 0.29) is 18.4 Å². The number of aliphatic carboxylic acids is 1. The van der Waals surface area contributed by atoms with Crippen molar-refractivity contribution in [3.05, 3.63) is 77.6 Å². The molecule has 33 heavy (non-hydrogen) atoms. The van der Waals surface area contributed by atoms with Crippen molar-refractivity contribution in [3.63, 3.8) is 0 Å². The van der Waals surface area contributed by atoms with Gasteiger partial charge in [0.05, 0.1) is 35.8 Å². The third-order valence-electron chi connectivity index (χ3n) is 6.42. The predicted molar refractivity (Wildman–Crippen MR) is 125 cm³/mol. The van der Waals surface area contributed by atoms with E-state index in [0.29, 0.717) is 13.2 Å². The molecule has 4 aromatic rings. The van der Waals surface area contributed by atoms with Crippen LogP contribution < -0.4 is 14.8 Å². The molecular weight excluding hydrogens is 418 g/mol. The lowest BCUT2D eigenvalue weighted by atomic mass is 9.97. The minimum Gasteiger partial charge on any atom is -0.493 e. The molecule has 6 rings (SSSR count). The summed E-state index contributed by atoms with van der Waals surface area (Å²) in [4.78, 5) is 15.8. The van der Waals surface area contributed by atoms with Gasteiger partial charge < -0.3 is 19.9 Å². The highest BCUT2D eigenvalue weighted by Gasteiger charge is 2.30. The molecule has 0 aliphatic carbocycles. The zero-order valence-electron chi connectivity index (χ0n) is 18.1. The van der Waals surface area contributed by atoms with Gasteiger partial charge in [-0.2, -0.15) is 0 Å². The SMILES string of the molecule is Cc1nc2ccccc2n1-c1cccc2c1OCC2Nc1ccc2c(c1)OC[C@H]2CC(=O)O. The predicted octanol–water partition coefficient (Wildman–Crippen LogP) is 4.83. The van der Waals surface area contributed by atoms with Gasteiger partial charge in [-0.05, 0) is 31.2 Å². The Balaban J connectivity index is 1.30. The molecule has 0 amide bonds. The van der Waals surface area contributed by atoms with Crippen molar-refractivity contribution < 1.29 is 19.4 Å². The van der Waals surface area contributed by atoms with Crippen LogP contribution in [0.4, 0.5) is 5.69 Å². The zero-order chi connectivity index (χ0) is 22.5. The number of carbonyl (C=O) groups is 1. The Morgan fingerprint density at radius 1 is 1.09 bits per heavy atom. The first kappa shape index (κ1) is 19.7. The number of carboxylic acids is 1. The van der Waals surface area contributed by atoms with Gasteiger partial charge in [-0.15, -0.1) is 0 Å². The average molecular weight is 441 g/mol. The first-order valence-electron chi connectivity index (χ1n) is 11.0. The average Bonchev–Trinajstić information content (AvgIpc) is 3.48. The van der Waals surface area contributed by atoms with Gasteiger partial charge in [-0.3, -0.25) is 9.36 Å². The molecule has 0 radical (unpaired) electrons. The van der Waals surface area contributed by atoms with Gasteiger partial charge in [0.25, 0.3) is 0 Å². The lowest BCUT2D eigenvalue weighted by Crippen LogP contribution is -2.11. The molecule has 7 heteroatoms. The normalized spacial score (nSPS) is 18.5. The van der Waals surface area contributed by atoms with Crippen molar-refractivity contribution >= 4 is 22.7 Å². The Hall–Kier alpha value is -4.00. The number of anilines is 1. The van der Waals surface area contributed by atoms with Crippen molar-refractivity contribution in [1.29, 1.82) is 0 Å². The number of aromatic nitrogens is 2. The largest absolute Gasteiger partial charge is 0.493 e. The van der Waals surface area contributed by atoms with Gasteiger partial charge >= 0.3 is 5.97 Å². The maximum Gasteiger partial charge on any atom is 0.304 e. The second-order valence-corrected chi connectivity index (χ2v) is 8.54. The van der Waals surface area contributed by atoms with Crippen molar-refractivity contribution in [2.45, 2.75) is 25.3 Å². The number of aryl methyl sites for hydroxylation is 1. The van der Waals surface area contributed by atoms with E-state index < -0.39 is 5.97 Å². The molecule has 3 heterocycles. The standard InChI is InChI=1S/C26H23N3O4/c1-15-27-20-6-2-3-7-22(20)29(15)23-8-4-5-19-21(14-33-26(19)23)28-17-9-10-18-16(11-25(30)31)13-32-24(18)12-17/h2-10,12,16,21,28H,11,13-14H2,1H3,(H,30,31)/t16-,21?/m1/s1. The molecule has 2 atom stereocenters. The first-order chi connectivity index (χ1) is 16.1. The molecule has 2 N–H and O–H groups in total. The topological polar surface area (TPSA) is 85.6 Å². The molecule has 166 valence electrons. The third kappa shape index (κ3) is 3.28. The van der Waals surface area contributed by atoms with E-state index in [9.17, 15) is 4.79 Å². The summed E-state index contributed by atoms with van der Waals surface area (Å²) in [5.41, 5.74) is 5.96. The van der Waals surface area contributed by atoms with Crippen molar-refractivity contribution in [3.8, 4) is 17.2 Å². The van der Waals surface area contributed by atoms with E-state index in [4.69, 9.17) is 19.6 Å². The Bertz CT molecular complexity index is 1390. The van der Waals surface area contributed by atoms with Crippen LogP contribution in [0.3, 0.4) is 0 Å². The fourth-order valence-electron chi connectivity index (χ4n) is 4.92. The quantitative estimate of drug-likeness (QED) is 0.461. The van der Waals surface area contributed by atoms with Crippen LogP contribution >= 0.6 is 0 Å². The molecule has 0 spiro atoms. The van der Waals surface area contributed by atoms with E-state index >= 15 is 0 Å². The molecule has 1 unspecified atom stereocenters. The van der Waals surface area contributed by atoms with Crippen molar-refractivity contribution in [2.75, 3.05) is 18.5 Å². The number of nitrogens with one attached hydrogen (secondary N) is 1. The van der Waals surface area contributed by atoms with E-state index in [1.807, 2.05) is 49.4 Å². The van der Waals surface area contributed by atoms with Crippen LogP contribution in [0.2, 0.25) is 0 Å². The molecule has 0 bridgehead atoms. The van der Waals surface area contributed by atoms with Gasteiger partial charge in [-0.25, -0.2) is 4.98 Å². The van der Waals surface area contributed by atoms with Gasteiger partial charge in [0.2, 0.25) is 0 Å². The van der Waals surface area contributed by atoms with Gasteiger partial charge in [0.1, 0.15) is 23.9 Å². The summed E-state index contributed by atoms with van der Waals surface area (Å²) in [7, 11) is 0. The van der Waals surface area contributed by atoms with E-state index in [1.54, 1.807) is 0 Å². The summed E-state index contributed by atoms with van der Waals surface area (Å²) in [5.74, 6) is 1.61. The molecule has 7 nitrogen and oxygen atoms in total. The van der Waals surface area contributed by atoms with Crippen molar-refractivity contribution in [1.82, 2.24) is 9.55 Å². The monoisotopic (exact) mass is 441 g/mol. The minimum atomic E-state index is -0.810. The van der Waals surface area contributed by atoms with Crippen LogP contribution in [-0.2, 0) is 4.79 Å². The van der Waals surface area contributed by atoms with Crippen LogP contribution in [0.5, 0.6) is 11.5 Å². The highest BCUT2D eigenvalue weighted by molar-refractivity contribution is 5.79. The maximum absolute atomic E-state index is 11.1. The van der Waals surface area contributed by atoms with Crippen LogP contribution in [0, 0.1) is 6.92 Å². The summed E-state index contributed by atoms with van der Waals surface area (Å²) in [6, 6.07) is 20.2. The molecule has 1 aromatic heterocycles.